The lowest BCUT2D eigenvalue weighted by atomic mass is 10.0. The van der Waals surface area contributed by atoms with Gasteiger partial charge in [-0.3, -0.25) is 9.78 Å². The molecule has 4 aromatic rings. The Morgan fingerprint density at radius 1 is 0.966 bits per heavy atom. The van der Waals surface area contributed by atoms with Gasteiger partial charge in [0.1, 0.15) is 5.78 Å². The maximum absolute atomic E-state index is 12.1. The van der Waals surface area contributed by atoms with Crippen LogP contribution in [0.25, 0.3) is 16.9 Å². The number of hydrogen-bond donors (Lipinski definition) is 0. The summed E-state index contributed by atoms with van der Waals surface area (Å²) >= 11 is 0. The monoisotopic (exact) mass is 382 g/mol. The molecule has 1 aliphatic carbocycles. The highest BCUT2D eigenvalue weighted by atomic mass is 16.1. The summed E-state index contributed by atoms with van der Waals surface area (Å²) in [5, 5.41) is 4.61. The van der Waals surface area contributed by atoms with E-state index >= 15 is 0 Å². The molecule has 0 radical (unpaired) electrons. The third kappa shape index (κ3) is 3.94. The normalized spacial score (nSPS) is 13.7. The smallest absolute Gasteiger partial charge is 0.159 e. The zero-order chi connectivity index (χ0) is 19.6. The van der Waals surface area contributed by atoms with Crippen LogP contribution in [0.1, 0.15) is 29.9 Å². The summed E-state index contributed by atoms with van der Waals surface area (Å²) in [5.74, 6) is 1.11. The van der Waals surface area contributed by atoms with Crippen molar-refractivity contribution in [3.05, 3.63) is 83.9 Å². The van der Waals surface area contributed by atoms with E-state index in [9.17, 15) is 4.79 Å². The van der Waals surface area contributed by atoms with E-state index in [1.807, 2.05) is 41.0 Å². The molecule has 0 N–H and O–H groups in total. The average molecular weight is 382 g/mol. The molecule has 1 saturated carbocycles. The maximum Gasteiger partial charge on any atom is 0.159 e. The van der Waals surface area contributed by atoms with Crippen LogP contribution in [-0.4, -0.2) is 25.4 Å². The molecule has 0 unspecified atom stereocenters. The van der Waals surface area contributed by atoms with Gasteiger partial charge >= 0.3 is 0 Å². The van der Waals surface area contributed by atoms with Gasteiger partial charge in [0.25, 0.3) is 0 Å². The molecule has 1 aromatic carbocycles. The number of carbonyl (C=O) groups excluding carboxylic acids is 1. The fourth-order valence-corrected chi connectivity index (χ4v) is 3.61. The SMILES string of the molecule is O=C(Cc1nc2cccc(-c3ccc(CCc4ccccn4)cc3)n2n1)C1CC1. The van der Waals surface area contributed by atoms with Gasteiger partial charge < -0.3 is 0 Å². The Labute approximate surface area is 169 Å². The first-order valence-corrected chi connectivity index (χ1v) is 10.1. The highest BCUT2D eigenvalue weighted by Crippen LogP contribution is 2.30. The Kier molecular flexibility index (Phi) is 4.64. The number of pyridine rings is 2. The number of fused-ring (bicyclic) bond motifs is 1. The van der Waals surface area contributed by atoms with Crippen LogP contribution in [0.4, 0.5) is 0 Å². The zero-order valence-corrected chi connectivity index (χ0v) is 16.2. The van der Waals surface area contributed by atoms with Crippen LogP contribution in [0.15, 0.2) is 66.9 Å². The molecule has 0 bridgehead atoms. The van der Waals surface area contributed by atoms with Crippen LogP contribution in [-0.2, 0) is 24.1 Å². The van der Waals surface area contributed by atoms with E-state index in [0.717, 1.165) is 48.3 Å². The van der Waals surface area contributed by atoms with Gasteiger partial charge in [-0.25, -0.2) is 9.50 Å². The van der Waals surface area contributed by atoms with Gasteiger partial charge in [0, 0.05) is 23.4 Å². The number of carbonyl (C=O) groups is 1. The number of ketones is 1. The van der Waals surface area contributed by atoms with Crippen LogP contribution in [0.5, 0.6) is 0 Å². The number of aromatic nitrogens is 4. The molecule has 3 aromatic heterocycles. The molecule has 0 aliphatic heterocycles. The van der Waals surface area contributed by atoms with Crippen LogP contribution in [0.2, 0.25) is 0 Å². The Hall–Kier alpha value is -3.34. The predicted octanol–water partition coefficient (Wildman–Crippen LogP) is 4.10. The molecule has 0 amide bonds. The predicted molar refractivity (Wildman–Crippen MR) is 112 cm³/mol. The molecule has 3 heterocycles. The summed E-state index contributed by atoms with van der Waals surface area (Å²) in [4.78, 5) is 21.1. The number of hydrogen-bond acceptors (Lipinski definition) is 4. The second-order valence-corrected chi connectivity index (χ2v) is 7.64. The van der Waals surface area contributed by atoms with Gasteiger partial charge in [-0.1, -0.05) is 36.4 Å². The summed E-state index contributed by atoms with van der Waals surface area (Å²) in [7, 11) is 0. The van der Waals surface area contributed by atoms with E-state index in [1.54, 1.807) is 0 Å². The van der Waals surface area contributed by atoms with E-state index in [-0.39, 0.29) is 11.7 Å². The molecule has 5 rings (SSSR count). The molecular weight excluding hydrogens is 360 g/mol. The van der Waals surface area contributed by atoms with Gasteiger partial charge in [-0.15, -0.1) is 0 Å². The minimum Gasteiger partial charge on any atom is -0.299 e. The van der Waals surface area contributed by atoms with Crippen LogP contribution in [0.3, 0.4) is 0 Å². The van der Waals surface area contributed by atoms with Crippen molar-refractivity contribution in [2.24, 2.45) is 5.92 Å². The highest BCUT2D eigenvalue weighted by Gasteiger charge is 2.30. The highest BCUT2D eigenvalue weighted by molar-refractivity contribution is 5.84. The fourth-order valence-electron chi connectivity index (χ4n) is 3.61. The van der Waals surface area contributed by atoms with Crippen molar-refractivity contribution in [3.8, 4) is 11.3 Å². The van der Waals surface area contributed by atoms with Crippen molar-refractivity contribution in [1.82, 2.24) is 19.6 Å². The van der Waals surface area contributed by atoms with E-state index in [4.69, 9.17) is 0 Å². The molecule has 29 heavy (non-hydrogen) atoms. The number of Topliss-reactive ketones (excluding diaryl/α,β-unsaturated/α-hetero) is 1. The average Bonchev–Trinajstić information content (AvgIpc) is 3.53. The molecular formula is C24H22N4O. The molecule has 144 valence electrons. The molecule has 1 fully saturated rings. The van der Waals surface area contributed by atoms with Crippen molar-refractivity contribution in [2.45, 2.75) is 32.1 Å². The van der Waals surface area contributed by atoms with Gasteiger partial charge in [-0.2, -0.15) is 5.10 Å². The number of nitrogens with zero attached hydrogens (tertiary/aromatic N) is 4. The quantitative estimate of drug-likeness (QED) is 0.483. The van der Waals surface area contributed by atoms with Crippen LogP contribution in [0, 0.1) is 5.92 Å². The molecule has 5 nitrogen and oxygen atoms in total. The Balaban J connectivity index is 1.35. The van der Waals surface area contributed by atoms with Gasteiger partial charge in [0.15, 0.2) is 11.5 Å². The van der Waals surface area contributed by atoms with E-state index in [1.165, 1.54) is 5.56 Å². The van der Waals surface area contributed by atoms with Crippen molar-refractivity contribution in [2.75, 3.05) is 0 Å². The van der Waals surface area contributed by atoms with Gasteiger partial charge in [0.2, 0.25) is 0 Å². The first kappa shape index (κ1) is 17.7. The maximum atomic E-state index is 12.1. The van der Waals surface area contributed by atoms with Crippen LogP contribution < -0.4 is 0 Å². The summed E-state index contributed by atoms with van der Waals surface area (Å²) in [6, 6.07) is 20.6. The third-order valence-electron chi connectivity index (χ3n) is 5.41. The van der Waals surface area contributed by atoms with E-state index < -0.39 is 0 Å². The zero-order valence-electron chi connectivity index (χ0n) is 16.2. The van der Waals surface area contributed by atoms with Crippen molar-refractivity contribution in [1.29, 1.82) is 0 Å². The largest absolute Gasteiger partial charge is 0.299 e. The molecule has 0 saturated heterocycles. The van der Waals surface area contributed by atoms with Crippen molar-refractivity contribution >= 4 is 11.4 Å². The van der Waals surface area contributed by atoms with Crippen LogP contribution >= 0.6 is 0 Å². The lowest BCUT2D eigenvalue weighted by Gasteiger charge is -2.06. The summed E-state index contributed by atoms with van der Waals surface area (Å²) in [5.41, 5.74) is 5.23. The Bertz CT molecular complexity index is 1140. The fraction of sp³-hybridized carbons (Fsp3) is 0.250. The van der Waals surface area contributed by atoms with Crippen molar-refractivity contribution < 1.29 is 4.79 Å². The standard InChI is InChI=1S/C24H22N4O/c29-22(19-12-13-19)16-23-26-24-6-3-5-21(28(24)27-23)18-10-7-17(8-11-18)9-14-20-4-1-2-15-25-20/h1-8,10-11,15,19H,9,12-14,16H2. The third-order valence-corrected chi connectivity index (χ3v) is 5.41. The topological polar surface area (TPSA) is 60.2 Å². The molecule has 0 atom stereocenters. The number of benzene rings is 1. The lowest BCUT2D eigenvalue weighted by molar-refractivity contribution is -0.119. The second-order valence-electron chi connectivity index (χ2n) is 7.64. The first-order chi connectivity index (χ1) is 14.3. The Morgan fingerprint density at radius 2 is 1.83 bits per heavy atom. The minimum absolute atomic E-state index is 0.236. The minimum atomic E-state index is 0.236. The Morgan fingerprint density at radius 3 is 2.59 bits per heavy atom. The second kappa shape index (κ2) is 7.59. The number of aryl methyl sites for hydroxylation is 2. The molecule has 1 aliphatic rings. The summed E-state index contributed by atoms with van der Waals surface area (Å²) in [6.07, 6.45) is 6.09. The summed E-state index contributed by atoms with van der Waals surface area (Å²) in [6.45, 7) is 0. The lowest BCUT2D eigenvalue weighted by Crippen LogP contribution is -2.06. The van der Waals surface area contributed by atoms with Gasteiger partial charge in [-0.05, 0) is 55.5 Å². The van der Waals surface area contributed by atoms with Gasteiger partial charge in [0.05, 0.1) is 12.1 Å². The number of rotatable bonds is 7. The molecule has 5 heteroatoms. The first-order valence-electron chi connectivity index (χ1n) is 10.1. The van der Waals surface area contributed by atoms with E-state index in [0.29, 0.717) is 12.2 Å². The summed E-state index contributed by atoms with van der Waals surface area (Å²) < 4.78 is 1.85. The van der Waals surface area contributed by atoms with E-state index in [2.05, 4.69) is 45.4 Å². The van der Waals surface area contributed by atoms with Crippen molar-refractivity contribution in [3.63, 3.8) is 0 Å². The molecule has 0 spiro atoms.